The fourth-order valence-corrected chi connectivity index (χ4v) is 7.12. The molecule has 0 aliphatic heterocycles. The molecule has 1 amide bonds. The van der Waals surface area contributed by atoms with Crippen LogP contribution in [0.3, 0.4) is 0 Å². The Kier molecular flexibility index (Phi) is 13.9. The molecular weight excluding hydrogens is 671 g/mol. The Morgan fingerprint density at radius 3 is 1.65 bits per heavy atom. The van der Waals surface area contributed by atoms with Gasteiger partial charge in [-0.3, -0.25) is 5.32 Å². The number of anilines is 1. The van der Waals surface area contributed by atoms with Gasteiger partial charge in [0.05, 0.1) is 33.0 Å². The topological polar surface area (TPSA) is 84.5 Å². The van der Waals surface area contributed by atoms with Gasteiger partial charge in [0.25, 0.3) is 0 Å². The molecule has 4 aromatic carbocycles. The summed E-state index contributed by atoms with van der Waals surface area (Å²) in [6.45, 7) is 12.1. The summed E-state index contributed by atoms with van der Waals surface area (Å²) >= 11 is 0. The molecule has 52 heavy (non-hydrogen) atoms. The van der Waals surface area contributed by atoms with Crippen LogP contribution >= 0.6 is 0 Å². The van der Waals surface area contributed by atoms with Crippen LogP contribution in [0.4, 0.5) is 10.5 Å². The van der Waals surface area contributed by atoms with Crippen molar-refractivity contribution in [3.8, 4) is 5.75 Å². The van der Waals surface area contributed by atoms with Crippen LogP contribution in [0, 0.1) is 0 Å². The largest absolute Gasteiger partial charge is 0.497 e. The number of amides is 1. The van der Waals surface area contributed by atoms with Crippen molar-refractivity contribution >= 4 is 20.1 Å². The standard InChI is InChI=1S/C43H53NO7Si/c1-43(2,3)52(5,6)51-38-24-16-23-37(50-42(45)44-35-25-27-36(46-4)28-26-35)39(47-29-32-17-10-7-11-18-32)41(49-31-34-21-14-9-15-22-34)40(38)48-30-33-19-12-8-13-20-33/h7-23,25-28,37-41H,24,29-31H2,1-6H3,(H,44,45)/b23-16-/t37-,38+,39+,40-,41-/m1/s1. The predicted octanol–water partition coefficient (Wildman–Crippen LogP) is 9.72. The first kappa shape index (κ1) is 39.0. The lowest BCUT2D eigenvalue weighted by molar-refractivity contribution is -0.193. The van der Waals surface area contributed by atoms with E-state index >= 15 is 0 Å². The fourth-order valence-electron chi connectivity index (χ4n) is 5.78. The Morgan fingerprint density at radius 1 is 0.692 bits per heavy atom. The number of hydrogen-bond donors (Lipinski definition) is 1. The van der Waals surface area contributed by atoms with Gasteiger partial charge in [-0.2, -0.15) is 0 Å². The van der Waals surface area contributed by atoms with Crippen LogP contribution in [0.1, 0.15) is 43.9 Å². The molecule has 0 fully saturated rings. The third-order valence-electron chi connectivity index (χ3n) is 9.72. The molecule has 0 bridgehead atoms. The van der Waals surface area contributed by atoms with E-state index in [4.69, 9.17) is 28.1 Å². The summed E-state index contributed by atoms with van der Waals surface area (Å²) in [6, 6.07) is 37.2. The van der Waals surface area contributed by atoms with Gasteiger partial charge in [-0.25, -0.2) is 4.79 Å². The monoisotopic (exact) mass is 723 g/mol. The molecule has 0 spiro atoms. The van der Waals surface area contributed by atoms with Crippen molar-refractivity contribution in [1.82, 2.24) is 0 Å². The molecule has 4 aromatic rings. The predicted molar refractivity (Wildman–Crippen MR) is 208 cm³/mol. The summed E-state index contributed by atoms with van der Waals surface area (Å²) in [5.41, 5.74) is 3.58. The number of ether oxygens (including phenoxy) is 5. The van der Waals surface area contributed by atoms with Crippen LogP contribution in [-0.2, 0) is 43.2 Å². The minimum Gasteiger partial charge on any atom is -0.497 e. The normalized spacial score (nSPS) is 21.4. The van der Waals surface area contributed by atoms with Crippen LogP contribution in [-0.4, -0.2) is 52.0 Å². The van der Waals surface area contributed by atoms with Crippen molar-refractivity contribution in [3.05, 3.63) is 144 Å². The van der Waals surface area contributed by atoms with Crippen LogP contribution < -0.4 is 10.1 Å². The summed E-state index contributed by atoms with van der Waals surface area (Å²) in [5, 5.41) is 2.82. The second kappa shape index (κ2) is 18.5. The van der Waals surface area contributed by atoms with Crippen molar-refractivity contribution in [3.63, 3.8) is 0 Å². The van der Waals surface area contributed by atoms with Crippen LogP contribution in [0.2, 0.25) is 18.1 Å². The minimum atomic E-state index is -2.30. The fraction of sp³-hybridized carbons (Fsp3) is 0.372. The van der Waals surface area contributed by atoms with Gasteiger partial charge in [0.2, 0.25) is 0 Å². The first-order valence-electron chi connectivity index (χ1n) is 17.9. The maximum atomic E-state index is 13.5. The van der Waals surface area contributed by atoms with Gasteiger partial charge < -0.3 is 28.1 Å². The molecule has 0 saturated carbocycles. The SMILES string of the molecule is COc1ccc(NC(=O)O[C@@H]2/C=C\C[C@H](O[Si](C)(C)C(C)(C)C)[C@@H](OCc3ccccc3)[C@H](OCc3ccccc3)[C@H]2OCc2ccccc2)cc1. The molecule has 1 aliphatic carbocycles. The lowest BCUT2D eigenvalue weighted by Crippen LogP contribution is -2.57. The molecule has 5 rings (SSSR count). The molecule has 276 valence electrons. The Morgan fingerprint density at radius 2 is 1.17 bits per heavy atom. The number of hydrogen-bond acceptors (Lipinski definition) is 7. The lowest BCUT2D eigenvalue weighted by Gasteiger charge is -2.45. The number of carbonyl (C=O) groups excluding carboxylic acids is 1. The average Bonchev–Trinajstić information content (AvgIpc) is 3.13. The molecule has 0 heterocycles. The first-order valence-corrected chi connectivity index (χ1v) is 20.9. The van der Waals surface area contributed by atoms with Crippen LogP contribution in [0.15, 0.2) is 127 Å². The quantitative estimate of drug-likeness (QED) is 0.102. The van der Waals surface area contributed by atoms with Gasteiger partial charge >= 0.3 is 6.09 Å². The smallest absolute Gasteiger partial charge is 0.412 e. The van der Waals surface area contributed by atoms with E-state index in [2.05, 4.69) is 39.2 Å². The van der Waals surface area contributed by atoms with E-state index in [1.807, 2.05) is 103 Å². The van der Waals surface area contributed by atoms with Crippen molar-refractivity contribution in [2.24, 2.45) is 0 Å². The van der Waals surface area contributed by atoms with Crippen molar-refractivity contribution in [2.45, 2.75) is 95.7 Å². The Labute approximate surface area is 310 Å². The van der Waals surface area contributed by atoms with Crippen molar-refractivity contribution in [1.29, 1.82) is 0 Å². The number of methoxy groups -OCH3 is 1. The third-order valence-corrected chi connectivity index (χ3v) is 14.2. The van der Waals surface area contributed by atoms with Gasteiger partial charge in [0, 0.05) is 5.69 Å². The highest BCUT2D eigenvalue weighted by Crippen LogP contribution is 2.40. The maximum Gasteiger partial charge on any atom is 0.412 e. The van der Waals surface area contributed by atoms with Gasteiger partial charge in [0.1, 0.15) is 24.1 Å². The van der Waals surface area contributed by atoms with E-state index in [9.17, 15) is 4.79 Å². The van der Waals surface area contributed by atoms with Crippen molar-refractivity contribution in [2.75, 3.05) is 12.4 Å². The second-order valence-electron chi connectivity index (χ2n) is 14.6. The van der Waals surface area contributed by atoms with Crippen molar-refractivity contribution < 1.29 is 32.9 Å². The van der Waals surface area contributed by atoms with E-state index in [0.29, 0.717) is 31.1 Å². The third kappa shape index (κ3) is 11.1. The molecule has 0 unspecified atom stereocenters. The number of nitrogens with one attached hydrogen (secondary N) is 1. The van der Waals surface area contributed by atoms with Gasteiger partial charge in [0.15, 0.2) is 14.4 Å². The zero-order chi connectivity index (χ0) is 37.0. The highest BCUT2D eigenvalue weighted by atomic mass is 28.4. The molecule has 5 atom stereocenters. The Bertz CT molecular complexity index is 1680. The zero-order valence-corrected chi connectivity index (χ0v) is 32.2. The molecule has 1 N–H and O–H groups in total. The molecule has 8 nitrogen and oxygen atoms in total. The summed E-state index contributed by atoms with van der Waals surface area (Å²) in [5.74, 6) is 0.686. The van der Waals surface area contributed by atoms with Gasteiger partial charge in [-0.15, -0.1) is 0 Å². The summed E-state index contributed by atoms with van der Waals surface area (Å²) in [7, 11) is -0.699. The maximum absolute atomic E-state index is 13.5. The molecular formula is C43H53NO7Si. The highest BCUT2D eigenvalue weighted by Gasteiger charge is 2.47. The molecule has 0 aromatic heterocycles. The average molecular weight is 724 g/mol. The molecule has 9 heteroatoms. The van der Waals surface area contributed by atoms with E-state index < -0.39 is 38.8 Å². The van der Waals surface area contributed by atoms with E-state index in [-0.39, 0.29) is 17.7 Å². The van der Waals surface area contributed by atoms with Crippen LogP contribution in [0.5, 0.6) is 5.75 Å². The van der Waals surface area contributed by atoms with E-state index in [0.717, 1.165) is 16.7 Å². The van der Waals surface area contributed by atoms with Gasteiger partial charge in [-0.1, -0.05) is 118 Å². The van der Waals surface area contributed by atoms with E-state index in [1.54, 1.807) is 31.4 Å². The molecule has 1 aliphatic rings. The lowest BCUT2D eigenvalue weighted by atomic mass is 9.93. The molecule has 0 radical (unpaired) electrons. The second-order valence-corrected chi connectivity index (χ2v) is 19.3. The molecule has 0 saturated heterocycles. The summed E-state index contributed by atoms with van der Waals surface area (Å²) < 4.78 is 39.3. The highest BCUT2D eigenvalue weighted by molar-refractivity contribution is 6.74. The summed E-state index contributed by atoms with van der Waals surface area (Å²) in [4.78, 5) is 13.5. The zero-order valence-electron chi connectivity index (χ0n) is 31.2. The summed E-state index contributed by atoms with van der Waals surface area (Å²) in [6.07, 6.45) is 0.595. The number of carbonyl (C=O) groups is 1. The number of rotatable bonds is 14. The Hall–Kier alpha value is -4.25. The first-order chi connectivity index (χ1) is 25.0. The Balaban J connectivity index is 1.55. The van der Waals surface area contributed by atoms with Gasteiger partial charge in [-0.05, 0) is 71.6 Å². The van der Waals surface area contributed by atoms with Crippen LogP contribution in [0.25, 0.3) is 0 Å². The minimum absolute atomic E-state index is 0.0438. The van der Waals surface area contributed by atoms with E-state index in [1.165, 1.54) is 0 Å². The number of benzene rings is 4.